The van der Waals surface area contributed by atoms with E-state index in [1.807, 2.05) is 23.5 Å². The third-order valence-corrected chi connectivity index (χ3v) is 3.10. The van der Waals surface area contributed by atoms with Gasteiger partial charge in [-0.15, -0.1) is 0 Å². The van der Waals surface area contributed by atoms with E-state index in [4.69, 9.17) is 0 Å². The monoisotopic (exact) mass is 164 g/mol. The van der Waals surface area contributed by atoms with Gasteiger partial charge >= 0.3 is 0 Å². The number of thioether (sulfide) groups is 2. The molecule has 0 fully saturated rings. The van der Waals surface area contributed by atoms with E-state index in [0.717, 1.165) is 5.25 Å². The minimum Gasteiger partial charge on any atom is -0.165 e. The van der Waals surface area contributed by atoms with Crippen LogP contribution < -0.4 is 0 Å². The van der Waals surface area contributed by atoms with Crippen molar-refractivity contribution >= 4 is 23.5 Å². The fourth-order valence-corrected chi connectivity index (χ4v) is 1.49. The molecule has 1 unspecified atom stereocenters. The molecule has 0 nitrogen and oxygen atoms in total. The molecule has 0 heterocycles. The maximum Gasteiger partial charge on any atom is 0.00162 e. The summed E-state index contributed by atoms with van der Waals surface area (Å²) in [6.07, 6.45) is 7.11. The molecule has 0 rings (SSSR count). The first-order valence-corrected chi connectivity index (χ1v) is 6.01. The standard InChI is InChI=1S/C7H16S2/c1-7(9-3)5-4-6-8-2/h7H,4-6H2,1-3H3. The normalized spacial score (nSPS) is 13.7. The summed E-state index contributed by atoms with van der Waals surface area (Å²) in [4.78, 5) is 0. The van der Waals surface area contributed by atoms with Crippen LogP contribution in [0.15, 0.2) is 0 Å². The Kier molecular flexibility index (Phi) is 7.34. The molecule has 0 aromatic rings. The highest BCUT2D eigenvalue weighted by Gasteiger charge is 1.96. The Morgan fingerprint density at radius 1 is 1.33 bits per heavy atom. The van der Waals surface area contributed by atoms with Crippen molar-refractivity contribution in [2.24, 2.45) is 0 Å². The molecule has 0 saturated carbocycles. The van der Waals surface area contributed by atoms with Crippen molar-refractivity contribution in [3.05, 3.63) is 0 Å². The fourth-order valence-electron chi connectivity index (χ4n) is 0.633. The minimum absolute atomic E-state index is 0.858. The predicted molar refractivity (Wildman–Crippen MR) is 50.6 cm³/mol. The van der Waals surface area contributed by atoms with Gasteiger partial charge in [-0.25, -0.2) is 0 Å². The van der Waals surface area contributed by atoms with Crippen LogP contribution in [-0.2, 0) is 0 Å². The van der Waals surface area contributed by atoms with Crippen LogP contribution in [0.4, 0.5) is 0 Å². The van der Waals surface area contributed by atoms with Crippen molar-refractivity contribution in [1.29, 1.82) is 0 Å². The summed E-state index contributed by atoms with van der Waals surface area (Å²) < 4.78 is 0. The molecule has 0 spiro atoms. The van der Waals surface area contributed by atoms with E-state index in [9.17, 15) is 0 Å². The lowest BCUT2D eigenvalue weighted by Crippen LogP contribution is -1.94. The summed E-state index contributed by atoms with van der Waals surface area (Å²) in [6, 6.07) is 0. The van der Waals surface area contributed by atoms with E-state index in [1.165, 1.54) is 18.6 Å². The number of hydrogen-bond donors (Lipinski definition) is 0. The zero-order valence-electron chi connectivity index (χ0n) is 6.52. The van der Waals surface area contributed by atoms with Crippen LogP contribution in [0.1, 0.15) is 19.8 Å². The SMILES string of the molecule is CSCCCC(C)SC. The summed E-state index contributed by atoms with van der Waals surface area (Å²) in [6.45, 7) is 2.30. The summed E-state index contributed by atoms with van der Waals surface area (Å²) in [5.74, 6) is 1.32. The van der Waals surface area contributed by atoms with Crippen LogP contribution in [0, 0.1) is 0 Å². The largest absolute Gasteiger partial charge is 0.165 e. The molecule has 0 radical (unpaired) electrons. The molecule has 0 aliphatic rings. The van der Waals surface area contributed by atoms with Gasteiger partial charge < -0.3 is 0 Å². The molecule has 0 aliphatic carbocycles. The Morgan fingerprint density at radius 2 is 2.00 bits per heavy atom. The molecule has 9 heavy (non-hydrogen) atoms. The first kappa shape index (κ1) is 9.70. The van der Waals surface area contributed by atoms with Crippen LogP contribution in [0.5, 0.6) is 0 Å². The molecule has 0 aliphatic heterocycles. The molecule has 0 aromatic heterocycles. The quantitative estimate of drug-likeness (QED) is 0.573. The lowest BCUT2D eigenvalue weighted by Gasteiger charge is -2.05. The topological polar surface area (TPSA) is 0 Å². The van der Waals surface area contributed by atoms with E-state index >= 15 is 0 Å². The molecule has 1 atom stereocenters. The van der Waals surface area contributed by atoms with Crippen molar-refractivity contribution in [3.63, 3.8) is 0 Å². The average Bonchev–Trinajstić information content (AvgIpc) is 1.89. The number of rotatable bonds is 5. The maximum absolute atomic E-state index is 2.30. The Bertz CT molecular complexity index is 54.9. The van der Waals surface area contributed by atoms with Gasteiger partial charge in [0, 0.05) is 5.25 Å². The van der Waals surface area contributed by atoms with Crippen LogP contribution in [0.25, 0.3) is 0 Å². The third-order valence-electron chi connectivity index (χ3n) is 1.36. The molecule has 0 aromatic carbocycles. The smallest absolute Gasteiger partial charge is 0.00162 e. The van der Waals surface area contributed by atoms with Gasteiger partial charge in [-0.3, -0.25) is 0 Å². The van der Waals surface area contributed by atoms with Crippen molar-refractivity contribution in [3.8, 4) is 0 Å². The molecule has 2 heteroatoms. The summed E-state index contributed by atoms with van der Waals surface area (Å²) in [7, 11) is 0. The van der Waals surface area contributed by atoms with Gasteiger partial charge in [0.2, 0.25) is 0 Å². The summed E-state index contributed by atoms with van der Waals surface area (Å²) in [5.41, 5.74) is 0. The Hall–Kier alpha value is 0.700. The summed E-state index contributed by atoms with van der Waals surface area (Å²) in [5, 5.41) is 0.858. The minimum atomic E-state index is 0.858. The van der Waals surface area contributed by atoms with Crippen molar-refractivity contribution in [2.45, 2.75) is 25.0 Å². The second-order valence-electron chi connectivity index (χ2n) is 2.18. The Balaban J connectivity index is 2.88. The maximum atomic E-state index is 2.30. The van der Waals surface area contributed by atoms with Gasteiger partial charge in [0.05, 0.1) is 0 Å². The second kappa shape index (κ2) is 6.81. The molecule has 0 saturated heterocycles. The molecule has 0 bridgehead atoms. The van der Waals surface area contributed by atoms with E-state index < -0.39 is 0 Å². The first-order chi connectivity index (χ1) is 4.31. The van der Waals surface area contributed by atoms with E-state index in [2.05, 4.69) is 19.4 Å². The predicted octanol–water partition coefficient (Wildman–Crippen LogP) is 2.88. The molecule has 56 valence electrons. The van der Waals surface area contributed by atoms with Crippen LogP contribution in [0.2, 0.25) is 0 Å². The van der Waals surface area contributed by atoms with Crippen LogP contribution >= 0.6 is 23.5 Å². The third kappa shape index (κ3) is 6.59. The Morgan fingerprint density at radius 3 is 2.44 bits per heavy atom. The summed E-state index contributed by atoms with van der Waals surface area (Å²) >= 11 is 3.91. The van der Waals surface area contributed by atoms with Crippen LogP contribution in [-0.4, -0.2) is 23.5 Å². The van der Waals surface area contributed by atoms with Gasteiger partial charge in [0.25, 0.3) is 0 Å². The van der Waals surface area contributed by atoms with Crippen molar-refractivity contribution in [2.75, 3.05) is 18.3 Å². The molecule has 0 amide bonds. The van der Waals surface area contributed by atoms with Gasteiger partial charge in [-0.05, 0) is 31.1 Å². The lowest BCUT2D eigenvalue weighted by atomic mass is 10.3. The fraction of sp³-hybridized carbons (Fsp3) is 1.00. The highest BCUT2D eigenvalue weighted by atomic mass is 32.2. The lowest BCUT2D eigenvalue weighted by molar-refractivity contribution is 0.796. The highest BCUT2D eigenvalue weighted by Crippen LogP contribution is 2.12. The Labute approximate surface area is 67.2 Å². The van der Waals surface area contributed by atoms with E-state index in [1.54, 1.807) is 0 Å². The van der Waals surface area contributed by atoms with Gasteiger partial charge in [-0.2, -0.15) is 23.5 Å². The van der Waals surface area contributed by atoms with Gasteiger partial charge in [0.15, 0.2) is 0 Å². The first-order valence-electron chi connectivity index (χ1n) is 3.33. The molecular formula is C7H16S2. The van der Waals surface area contributed by atoms with E-state index in [0.29, 0.717) is 0 Å². The van der Waals surface area contributed by atoms with Crippen molar-refractivity contribution in [1.82, 2.24) is 0 Å². The highest BCUT2D eigenvalue weighted by molar-refractivity contribution is 7.99. The second-order valence-corrected chi connectivity index (χ2v) is 4.44. The van der Waals surface area contributed by atoms with Gasteiger partial charge in [0.1, 0.15) is 0 Å². The number of hydrogen-bond acceptors (Lipinski definition) is 2. The molecule has 0 N–H and O–H groups in total. The zero-order valence-corrected chi connectivity index (χ0v) is 8.15. The van der Waals surface area contributed by atoms with Crippen LogP contribution in [0.3, 0.4) is 0 Å². The average molecular weight is 164 g/mol. The van der Waals surface area contributed by atoms with E-state index in [-0.39, 0.29) is 0 Å². The van der Waals surface area contributed by atoms with Gasteiger partial charge in [-0.1, -0.05) is 6.92 Å². The van der Waals surface area contributed by atoms with Crippen molar-refractivity contribution < 1.29 is 0 Å². The zero-order chi connectivity index (χ0) is 7.11. The molecular weight excluding hydrogens is 148 g/mol.